The van der Waals surface area contributed by atoms with Crippen LogP contribution < -0.4 is 5.73 Å². The Kier molecular flexibility index (Phi) is 6.74. The first kappa shape index (κ1) is 19.7. The van der Waals surface area contributed by atoms with Crippen LogP contribution in [0.2, 0.25) is 0 Å². The summed E-state index contributed by atoms with van der Waals surface area (Å²) in [5.41, 5.74) is 6.98. The molecule has 1 aliphatic heterocycles. The summed E-state index contributed by atoms with van der Waals surface area (Å²) in [7, 11) is 0. The average Bonchev–Trinajstić information content (AvgIpc) is 3.06. The fraction of sp³-hybridized carbons (Fsp3) is 0.632. The van der Waals surface area contributed by atoms with Gasteiger partial charge in [-0.2, -0.15) is 0 Å². The van der Waals surface area contributed by atoms with Gasteiger partial charge in [0.05, 0.1) is 5.41 Å². The molecule has 2 unspecified atom stereocenters. The zero-order valence-electron chi connectivity index (χ0n) is 14.3. The van der Waals surface area contributed by atoms with Crippen LogP contribution in [0, 0.1) is 5.92 Å². The summed E-state index contributed by atoms with van der Waals surface area (Å²) in [5.74, 6) is 0.777. The molecule has 1 aromatic rings. The molecule has 24 heavy (non-hydrogen) atoms. The molecule has 134 valence electrons. The van der Waals surface area contributed by atoms with E-state index in [1.807, 2.05) is 0 Å². The van der Waals surface area contributed by atoms with Crippen LogP contribution in [0.4, 0.5) is 0 Å². The van der Waals surface area contributed by atoms with E-state index in [-0.39, 0.29) is 23.9 Å². The van der Waals surface area contributed by atoms with Gasteiger partial charge < -0.3 is 10.6 Å². The first-order valence-corrected chi connectivity index (χ1v) is 9.63. The number of benzene rings is 1. The molecule has 2 atom stereocenters. The molecule has 2 aliphatic rings. The van der Waals surface area contributed by atoms with Crippen molar-refractivity contribution in [1.82, 2.24) is 4.90 Å². The molecular formula is C19H28BrClN2O. The molecule has 2 N–H and O–H groups in total. The van der Waals surface area contributed by atoms with Crippen LogP contribution in [-0.4, -0.2) is 29.9 Å². The molecule has 3 rings (SSSR count). The van der Waals surface area contributed by atoms with Crippen molar-refractivity contribution in [3.8, 4) is 0 Å². The molecular weight excluding hydrogens is 388 g/mol. The van der Waals surface area contributed by atoms with Crippen molar-refractivity contribution in [3.63, 3.8) is 0 Å². The number of halogens is 2. The molecule has 0 radical (unpaired) electrons. The minimum absolute atomic E-state index is 0. The van der Waals surface area contributed by atoms with Crippen molar-refractivity contribution in [2.24, 2.45) is 11.7 Å². The zero-order valence-corrected chi connectivity index (χ0v) is 16.7. The van der Waals surface area contributed by atoms with Crippen LogP contribution in [0.3, 0.4) is 0 Å². The van der Waals surface area contributed by atoms with Crippen molar-refractivity contribution in [2.45, 2.75) is 56.9 Å². The monoisotopic (exact) mass is 414 g/mol. The third kappa shape index (κ3) is 3.81. The van der Waals surface area contributed by atoms with Crippen molar-refractivity contribution in [3.05, 3.63) is 34.3 Å². The Labute approximate surface area is 159 Å². The standard InChI is InChI=1S/C19H27BrN2O.ClH/c1-14(21)15-5-4-12-22(13-15)18(23)19(10-2-3-11-19)16-6-8-17(20)9-7-16;/h6-9,14-15H,2-5,10-13,21H2,1H3;1H. The second-order valence-corrected chi connectivity index (χ2v) is 8.22. The number of hydrogen-bond donors (Lipinski definition) is 1. The number of nitrogens with two attached hydrogens (primary N) is 1. The number of hydrogen-bond acceptors (Lipinski definition) is 2. The number of rotatable bonds is 3. The Morgan fingerprint density at radius 3 is 2.46 bits per heavy atom. The van der Waals surface area contributed by atoms with E-state index >= 15 is 0 Å². The third-order valence-corrected chi connectivity index (χ3v) is 6.28. The van der Waals surface area contributed by atoms with E-state index in [2.05, 4.69) is 52.0 Å². The van der Waals surface area contributed by atoms with Gasteiger partial charge >= 0.3 is 0 Å². The summed E-state index contributed by atoms with van der Waals surface area (Å²) in [6, 6.07) is 8.53. The number of likely N-dealkylation sites (tertiary alicyclic amines) is 1. The van der Waals surface area contributed by atoms with E-state index in [9.17, 15) is 4.79 Å². The van der Waals surface area contributed by atoms with E-state index in [1.54, 1.807) is 0 Å². The quantitative estimate of drug-likeness (QED) is 0.801. The van der Waals surface area contributed by atoms with Crippen molar-refractivity contribution < 1.29 is 4.79 Å². The number of piperidine rings is 1. The summed E-state index contributed by atoms with van der Waals surface area (Å²) in [6.07, 6.45) is 6.47. The van der Waals surface area contributed by atoms with Gasteiger partial charge in [-0.1, -0.05) is 40.9 Å². The van der Waals surface area contributed by atoms with Gasteiger partial charge in [-0.25, -0.2) is 0 Å². The van der Waals surface area contributed by atoms with E-state index < -0.39 is 0 Å². The van der Waals surface area contributed by atoms with Crippen LogP contribution in [0.1, 0.15) is 51.0 Å². The maximum absolute atomic E-state index is 13.4. The van der Waals surface area contributed by atoms with E-state index in [0.717, 1.165) is 56.1 Å². The van der Waals surface area contributed by atoms with Crippen molar-refractivity contribution in [2.75, 3.05) is 13.1 Å². The van der Waals surface area contributed by atoms with Gasteiger partial charge in [-0.05, 0) is 56.2 Å². The molecule has 1 amide bonds. The number of carbonyl (C=O) groups is 1. The highest BCUT2D eigenvalue weighted by atomic mass is 79.9. The predicted molar refractivity (Wildman–Crippen MR) is 104 cm³/mol. The van der Waals surface area contributed by atoms with Gasteiger partial charge in [0.2, 0.25) is 5.91 Å². The molecule has 5 heteroatoms. The molecule has 1 saturated carbocycles. The maximum Gasteiger partial charge on any atom is 0.233 e. The van der Waals surface area contributed by atoms with Gasteiger partial charge in [0.15, 0.2) is 0 Å². The van der Waals surface area contributed by atoms with Crippen LogP contribution in [0.25, 0.3) is 0 Å². The van der Waals surface area contributed by atoms with Crippen LogP contribution >= 0.6 is 28.3 Å². The molecule has 3 nitrogen and oxygen atoms in total. The highest BCUT2D eigenvalue weighted by Gasteiger charge is 2.45. The summed E-state index contributed by atoms with van der Waals surface area (Å²) in [4.78, 5) is 15.6. The molecule has 2 fully saturated rings. The van der Waals surface area contributed by atoms with Crippen molar-refractivity contribution >= 4 is 34.2 Å². The van der Waals surface area contributed by atoms with Crippen LogP contribution in [0.15, 0.2) is 28.7 Å². The molecule has 1 heterocycles. The first-order chi connectivity index (χ1) is 11.0. The SMILES string of the molecule is CC(N)C1CCCN(C(=O)C2(c3ccc(Br)cc3)CCCC2)C1.Cl. The van der Waals surface area contributed by atoms with Crippen LogP contribution in [-0.2, 0) is 10.2 Å². The maximum atomic E-state index is 13.4. The van der Waals surface area contributed by atoms with E-state index in [4.69, 9.17) is 5.73 Å². The van der Waals surface area contributed by atoms with Gasteiger partial charge in [0.25, 0.3) is 0 Å². The molecule has 1 saturated heterocycles. The summed E-state index contributed by atoms with van der Waals surface area (Å²) >= 11 is 3.50. The molecule has 0 spiro atoms. The van der Waals surface area contributed by atoms with Gasteiger partial charge in [0, 0.05) is 23.6 Å². The lowest BCUT2D eigenvalue weighted by molar-refractivity contribution is -0.139. The largest absolute Gasteiger partial charge is 0.342 e. The first-order valence-electron chi connectivity index (χ1n) is 8.84. The van der Waals surface area contributed by atoms with E-state index in [1.165, 1.54) is 5.56 Å². The molecule has 1 aromatic carbocycles. The Balaban J connectivity index is 0.00000208. The number of carbonyl (C=O) groups excluding carboxylic acids is 1. The van der Waals surface area contributed by atoms with Gasteiger partial charge in [-0.15, -0.1) is 12.4 Å². The third-order valence-electron chi connectivity index (χ3n) is 5.75. The molecule has 0 bridgehead atoms. The number of amides is 1. The summed E-state index contributed by atoms with van der Waals surface area (Å²) in [5, 5.41) is 0. The smallest absolute Gasteiger partial charge is 0.233 e. The minimum atomic E-state index is -0.305. The second kappa shape index (κ2) is 8.20. The molecule has 1 aliphatic carbocycles. The highest BCUT2D eigenvalue weighted by molar-refractivity contribution is 9.10. The Morgan fingerprint density at radius 1 is 1.25 bits per heavy atom. The lowest BCUT2D eigenvalue weighted by Crippen LogP contribution is -2.51. The summed E-state index contributed by atoms with van der Waals surface area (Å²) < 4.78 is 1.07. The Morgan fingerprint density at radius 2 is 1.88 bits per heavy atom. The normalized spacial score (nSPS) is 24.3. The lowest BCUT2D eigenvalue weighted by atomic mass is 9.76. The second-order valence-electron chi connectivity index (χ2n) is 7.31. The average molecular weight is 416 g/mol. The Bertz CT molecular complexity index is 555. The highest BCUT2D eigenvalue weighted by Crippen LogP contribution is 2.43. The Hall–Kier alpha value is -0.580. The topological polar surface area (TPSA) is 46.3 Å². The number of nitrogens with zero attached hydrogens (tertiary/aromatic N) is 1. The van der Waals surface area contributed by atoms with Gasteiger partial charge in [-0.3, -0.25) is 4.79 Å². The fourth-order valence-corrected chi connectivity index (χ4v) is 4.56. The summed E-state index contributed by atoms with van der Waals surface area (Å²) in [6.45, 7) is 3.79. The zero-order chi connectivity index (χ0) is 16.4. The lowest BCUT2D eigenvalue weighted by Gasteiger charge is -2.40. The van der Waals surface area contributed by atoms with Crippen molar-refractivity contribution in [1.29, 1.82) is 0 Å². The minimum Gasteiger partial charge on any atom is -0.342 e. The van der Waals surface area contributed by atoms with E-state index in [0.29, 0.717) is 11.8 Å². The van der Waals surface area contributed by atoms with Crippen LogP contribution in [0.5, 0.6) is 0 Å². The molecule has 0 aromatic heterocycles. The predicted octanol–water partition coefficient (Wildman–Crippen LogP) is 4.27. The van der Waals surface area contributed by atoms with Gasteiger partial charge in [0.1, 0.15) is 0 Å². The fourth-order valence-electron chi connectivity index (χ4n) is 4.30.